The Morgan fingerprint density at radius 3 is 2.26 bits per heavy atom. The number of carbonyl (C=O) groups excluding carboxylic acids is 2. The van der Waals surface area contributed by atoms with Gasteiger partial charge in [-0.15, -0.1) is 0 Å². The number of carbonyl (C=O) groups is 2. The maximum atomic E-state index is 15.4. The molecule has 4 aromatic rings. The Kier molecular flexibility index (Phi) is 8.83. The van der Waals surface area contributed by atoms with Crippen LogP contribution in [0.5, 0.6) is 5.75 Å². The number of hydrogen-bond acceptors (Lipinski definition) is 9. The van der Waals surface area contributed by atoms with Crippen molar-refractivity contribution < 1.29 is 19.1 Å². The van der Waals surface area contributed by atoms with Gasteiger partial charge in [0.25, 0.3) is 11.5 Å². The number of halogens is 2. The number of anilines is 3. The molecule has 0 spiro atoms. The monoisotopic (exact) mass is 702 g/mol. The first-order valence-electron chi connectivity index (χ1n) is 16.4. The number of phenols is 1. The molecule has 2 aliphatic rings. The molecule has 5 heterocycles. The molecule has 12 nitrogen and oxygen atoms in total. The van der Waals surface area contributed by atoms with Gasteiger partial charge in [0, 0.05) is 39.1 Å². The molecule has 0 saturated carbocycles. The number of amides is 2. The van der Waals surface area contributed by atoms with E-state index in [1.807, 2.05) is 53.6 Å². The lowest BCUT2D eigenvalue weighted by Crippen LogP contribution is -2.66. The van der Waals surface area contributed by atoms with Gasteiger partial charge in [-0.05, 0) is 43.0 Å². The second kappa shape index (κ2) is 12.7. The third kappa shape index (κ3) is 5.34. The number of fused-ring (bicyclic) bond motifs is 5. The molecule has 6 rings (SSSR count). The maximum Gasteiger partial charge on any atom is 0.283 e. The summed E-state index contributed by atoms with van der Waals surface area (Å²) in [5.41, 5.74) is 1.28. The zero-order chi connectivity index (χ0) is 36.5. The van der Waals surface area contributed by atoms with Crippen molar-refractivity contribution in [2.75, 3.05) is 48.9 Å². The summed E-state index contributed by atoms with van der Waals surface area (Å²) in [6, 6.07) is 4.32. The average Bonchev–Trinajstić information content (AvgIpc) is 3.06. The predicted molar refractivity (Wildman–Crippen MR) is 193 cm³/mol. The highest BCUT2D eigenvalue weighted by atomic mass is 35.5. The lowest BCUT2D eigenvalue weighted by atomic mass is 9.97. The fourth-order valence-electron chi connectivity index (χ4n) is 6.88. The Morgan fingerprint density at radius 1 is 1.06 bits per heavy atom. The van der Waals surface area contributed by atoms with Crippen LogP contribution in [0.15, 0.2) is 41.7 Å². The van der Waals surface area contributed by atoms with Crippen LogP contribution in [0.1, 0.15) is 57.8 Å². The number of benzene rings is 1. The zero-order valence-electron chi connectivity index (χ0n) is 29.3. The minimum Gasteiger partial charge on any atom is -0.507 e. The summed E-state index contributed by atoms with van der Waals surface area (Å²) in [6.45, 7) is 13.6. The van der Waals surface area contributed by atoms with E-state index in [9.17, 15) is 14.7 Å². The minimum absolute atomic E-state index is 0.0160. The highest BCUT2D eigenvalue weighted by Crippen LogP contribution is 2.45. The van der Waals surface area contributed by atoms with E-state index in [-0.39, 0.29) is 76.1 Å². The second-order valence-corrected chi connectivity index (χ2v) is 14.0. The SMILES string of the molecule is C=CC(=O)N1C[C@@H]2C(=O)N(C)c3c(c4cc(Cl)c(-c5c(O)cccc5F)nc4n(-c4c(C(C)C)nc(N(C)C)nc4C(C)C)c3=O)N2C[C@H]1C. The molecule has 50 heavy (non-hydrogen) atoms. The third-order valence-corrected chi connectivity index (χ3v) is 9.65. The molecule has 0 unspecified atom stereocenters. The third-order valence-electron chi connectivity index (χ3n) is 9.36. The van der Waals surface area contributed by atoms with Crippen LogP contribution in [0.3, 0.4) is 0 Å². The van der Waals surface area contributed by atoms with Crippen LogP contribution >= 0.6 is 11.6 Å². The van der Waals surface area contributed by atoms with Crippen molar-refractivity contribution in [3.63, 3.8) is 0 Å². The highest BCUT2D eigenvalue weighted by Gasteiger charge is 2.46. The van der Waals surface area contributed by atoms with Crippen molar-refractivity contribution >= 4 is 51.8 Å². The van der Waals surface area contributed by atoms with Crippen LogP contribution in [-0.4, -0.2) is 87.7 Å². The van der Waals surface area contributed by atoms with E-state index in [4.69, 9.17) is 26.6 Å². The molecule has 0 aliphatic carbocycles. The lowest BCUT2D eigenvalue weighted by molar-refractivity contribution is -0.130. The van der Waals surface area contributed by atoms with Gasteiger partial charge in [0.1, 0.15) is 23.3 Å². The topological polar surface area (TPSA) is 128 Å². The highest BCUT2D eigenvalue weighted by molar-refractivity contribution is 6.34. The van der Waals surface area contributed by atoms with E-state index in [2.05, 4.69) is 6.58 Å². The Balaban J connectivity index is 1.80. The first kappa shape index (κ1) is 34.8. The van der Waals surface area contributed by atoms with Gasteiger partial charge in [-0.3, -0.25) is 19.0 Å². The van der Waals surface area contributed by atoms with Crippen molar-refractivity contribution in [3.05, 3.63) is 69.5 Å². The number of phenolic OH excluding ortho intramolecular Hbond substituents is 1. The molecule has 14 heteroatoms. The molecular weight excluding hydrogens is 663 g/mol. The van der Waals surface area contributed by atoms with Gasteiger partial charge in [-0.25, -0.2) is 19.3 Å². The Bertz CT molecular complexity index is 2100. The molecule has 0 radical (unpaired) electrons. The van der Waals surface area contributed by atoms with Crippen molar-refractivity contribution in [2.45, 2.75) is 58.5 Å². The second-order valence-electron chi connectivity index (χ2n) is 13.6. The predicted octanol–water partition coefficient (Wildman–Crippen LogP) is 5.22. The molecule has 2 atom stereocenters. The smallest absolute Gasteiger partial charge is 0.283 e. The molecule has 2 amide bonds. The van der Waals surface area contributed by atoms with E-state index in [1.54, 1.807) is 15.9 Å². The number of rotatable bonds is 6. The Morgan fingerprint density at radius 2 is 1.70 bits per heavy atom. The van der Waals surface area contributed by atoms with E-state index >= 15 is 9.18 Å². The largest absolute Gasteiger partial charge is 0.507 e. The fourth-order valence-corrected chi connectivity index (χ4v) is 7.13. The lowest BCUT2D eigenvalue weighted by Gasteiger charge is -2.49. The van der Waals surface area contributed by atoms with Crippen LogP contribution in [-0.2, 0) is 9.59 Å². The van der Waals surface area contributed by atoms with Gasteiger partial charge in [0.2, 0.25) is 11.9 Å². The molecule has 3 aromatic heterocycles. The van der Waals surface area contributed by atoms with Crippen LogP contribution in [0, 0.1) is 5.82 Å². The van der Waals surface area contributed by atoms with Crippen molar-refractivity contribution in [2.24, 2.45) is 0 Å². The number of nitrogens with zero attached hydrogens (tertiary/aromatic N) is 8. The van der Waals surface area contributed by atoms with E-state index in [0.717, 1.165) is 0 Å². The van der Waals surface area contributed by atoms with Crippen LogP contribution < -0.4 is 20.3 Å². The summed E-state index contributed by atoms with van der Waals surface area (Å²) in [6.07, 6.45) is 1.22. The quantitative estimate of drug-likeness (QED) is 0.269. The summed E-state index contributed by atoms with van der Waals surface area (Å²) >= 11 is 6.91. The van der Waals surface area contributed by atoms with E-state index < -0.39 is 17.4 Å². The van der Waals surface area contributed by atoms with Gasteiger partial charge >= 0.3 is 0 Å². The van der Waals surface area contributed by atoms with Crippen molar-refractivity contribution in [3.8, 4) is 22.7 Å². The molecule has 262 valence electrons. The standard InChI is InChI=1S/C36H40ClFN8O4/c1-10-25(48)44-16-23-34(49)43(9)32-30(45(23)15-19(44)6)20-14-21(37)29(26-22(38)12-11-13-24(26)47)39-33(20)46(35(32)50)31-27(17(2)3)40-36(42(7)8)41-28(31)18(4)5/h10-14,17-19,23,47H,1,15-16H2,2-9H3/t19-,23-/m1/s1. The van der Waals surface area contributed by atoms with Crippen molar-refractivity contribution in [1.82, 2.24) is 24.4 Å². The molecular formula is C36H40ClFN8O4. The molecule has 1 aromatic carbocycles. The molecule has 1 fully saturated rings. The number of pyridine rings is 2. The molecule has 0 bridgehead atoms. The summed E-state index contributed by atoms with van der Waals surface area (Å²) in [5, 5.41) is 11.2. The summed E-state index contributed by atoms with van der Waals surface area (Å²) < 4.78 is 16.8. The van der Waals surface area contributed by atoms with Crippen LogP contribution in [0.4, 0.5) is 21.7 Å². The zero-order valence-corrected chi connectivity index (χ0v) is 30.1. The Labute approximate surface area is 294 Å². The maximum absolute atomic E-state index is 15.4. The van der Waals surface area contributed by atoms with Crippen molar-refractivity contribution in [1.29, 1.82) is 0 Å². The summed E-state index contributed by atoms with van der Waals surface area (Å²) in [5.74, 6) is -1.72. The first-order valence-corrected chi connectivity index (χ1v) is 16.8. The number of piperazine rings is 1. The Hall–Kier alpha value is -5.04. The minimum atomic E-state index is -0.819. The normalized spacial score (nSPS) is 17.4. The van der Waals surface area contributed by atoms with Crippen LogP contribution in [0.25, 0.3) is 28.0 Å². The number of aromatic nitrogens is 4. The first-order chi connectivity index (χ1) is 23.6. The fraction of sp³-hybridized carbons (Fsp3) is 0.389. The molecule has 1 saturated heterocycles. The number of aromatic hydroxyl groups is 1. The van der Waals surface area contributed by atoms with Gasteiger partial charge in [-0.2, -0.15) is 0 Å². The van der Waals surface area contributed by atoms with E-state index in [0.29, 0.717) is 34.1 Å². The van der Waals surface area contributed by atoms with Gasteiger partial charge in [0.05, 0.1) is 45.6 Å². The van der Waals surface area contributed by atoms with Gasteiger partial charge < -0.3 is 24.7 Å². The summed E-state index contributed by atoms with van der Waals surface area (Å²) in [4.78, 5) is 63.3. The molecule has 2 aliphatic heterocycles. The average molecular weight is 703 g/mol. The number of likely N-dealkylation sites (N-methyl/N-ethyl adjacent to an activating group) is 1. The summed E-state index contributed by atoms with van der Waals surface area (Å²) in [7, 11) is 5.20. The molecule has 1 N–H and O–H groups in total. The van der Waals surface area contributed by atoms with Crippen LogP contribution in [0.2, 0.25) is 5.02 Å². The van der Waals surface area contributed by atoms with Gasteiger partial charge in [-0.1, -0.05) is 51.9 Å². The van der Waals surface area contributed by atoms with E-state index in [1.165, 1.54) is 40.8 Å². The number of hydrogen-bond donors (Lipinski definition) is 1. The van der Waals surface area contributed by atoms with Gasteiger partial charge in [0.15, 0.2) is 5.65 Å².